The molecule has 2 rings (SSSR count). The number of ether oxygens (including phenoxy) is 2. The molecule has 1 fully saturated rings. The Balaban J connectivity index is 2.04. The molecule has 1 unspecified atom stereocenters. The van der Waals surface area contributed by atoms with Gasteiger partial charge in [-0.1, -0.05) is 13.8 Å². The summed E-state index contributed by atoms with van der Waals surface area (Å²) in [5.41, 5.74) is 0. The van der Waals surface area contributed by atoms with Crippen LogP contribution in [0.2, 0.25) is 0 Å². The number of nitrogens with zero attached hydrogens (tertiary/aromatic N) is 2. The van der Waals surface area contributed by atoms with Gasteiger partial charge < -0.3 is 14.8 Å². The van der Waals surface area contributed by atoms with E-state index in [1.165, 1.54) is 0 Å². The Bertz CT molecular complexity index is 404. The molecular formula is C14H23N3O2. The van der Waals surface area contributed by atoms with Crippen LogP contribution in [0.15, 0.2) is 6.07 Å². The van der Waals surface area contributed by atoms with E-state index in [4.69, 9.17) is 9.47 Å². The first-order chi connectivity index (χ1) is 9.19. The van der Waals surface area contributed by atoms with E-state index in [0.717, 1.165) is 37.6 Å². The molecule has 0 aromatic carbocycles. The fraction of sp³-hybridized carbons (Fsp3) is 0.714. The zero-order valence-electron chi connectivity index (χ0n) is 12.0. The van der Waals surface area contributed by atoms with Gasteiger partial charge in [0, 0.05) is 25.1 Å². The van der Waals surface area contributed by atoms with Crippen LogP contribution in [0.3, 0.4) is 0 Å². The van der Waals surface area contributed by atoms with Gasteiger partial charge in [0.1, 0.15) is 18.2 Å². The van der Waals surface area contributed by atoms with Gasteiger partial charge in [-0.25, -0.2) is 4.98 Å². The van der Waals surface area contributed by atoms with Crippen LogP contribution < -0.4 is 10.1 Å². The van der Waals surface area contributed by atoms with Gasteiger partial charge in [0.05, 0.1) is 6.10 Å². The lowest BCUT2D eigenvalue weighted by molar-refractivity contribution is 0.0662. The maximum absolute atomic E-state index is 5.75. The summed E-state index contributed by atoms with van der Waals surface area (Å²) in [5, 5.41) is 3.21. The zero-order chi connectivity index (χ0) is 13.7. The molecule has 19 heavy (non-hydrogen) atoms. The standard InChI is InChI=1S/C14H23N3O2/c1-4-15-12-8-13(17-14(16-12)10(2)3)19-9-11-6-5-7-18-11/h8,10-11H,4-7,9H2,1-3H3,(H,15,16,17). The van der Waals surface area contributed by atoms with Crippen LogP contribution in [0, 0.1) is 0 Å². The highest BCUT2D eigenvalue weighted by Gasteiger charge is 2.17. The highest BCUT2D eigenvalue weighted by molar-refractivity contribution is 5.38. The number of hydrogen-bond donors (Lipinski definition) is 1. The fourth-order valence-electron chi connectivity index (χ4n) is 2.00. The summed E-state index contributed by atoms with van der Waals surface area (Å²) in [4.78, 5) is 8.92. The molecule has 0 radical (unpaired) electrons. The van der Waals surface area contributed by atoms with Gasteiger partial charge in [-0.05, 0) is 19.8 Å². The molecule has 0 spiro atoms. The van der Waals surface area contributed by atoms with Crippen molar-refractivity contribution in [2.24, 2.45) is 0 Å². The Hall–Kier alpha value is -1.36. The van der Waals surface area contributed by atoms with Crippen molar-refractivity contribution in [2.45, 2.75) is 45.6 Å². The van der Waals surface area contributed by atoms with Crippen LogP contribution in [-0.4, -0.2) is 35.8 Å². The van der Waals surface area contributed by atoms with Crippen molar-refractivity contribution in [2.75, 3.05) is 25.1 Å². The zero-order valence-corrected chi connectivity index (χ0v) is 12.0. The van der Waals surface area contributed by atoms with E-state index in [1.54, 1.807) is 0 Å². The molecule has 1 aromatic rings. The molecule has 106 valence electrons. The minimum absolute atomic E-state index is 0.208. The minimum atomic E-state index is 0.208. The molecule has 1 aromatic heterocycles. The summed E-state index contributed by atoms with van der Waals surface area (Å²) in [6.45, 7) is 8.45. The average molecular weight is 265 g/mol. The van der Waals surface area contributed by atoms with E-state index in [0.29, 0.717) is 12.5 Å². The lowest BCUT2D eigenvalue weighted by Gasteiger charge is -2.14. The molecule has 0 bridgehead atoms. The highest BCUT2D eigenvalue weighted by atomic mass is 16.5. The Kier molecular flexibility index (Phi) is 4.96. The maximum Gasteiger partial charge on any atom is 0.218 e. The molecule has 0 aliphatic carbocycles. The SMILES string of the molecule is CCNc1cc(OCC2CCCO2)nc(C(C)C)n1. The van der Waals surface area contributed by atoms with E-state index >= 15 is 0 Å². The largest absolute Gasteiger partial charge is 0.475 e. The molecular weight excluding hydrogens is 242 g/mol. The molecule has 0 saturated carbocycles. The van der Waals surface area contributed by atoms with Crippen molar-refractivity contribution in [1.29, 1.82) is 0 Å². The number of rotatable bonds is 6. The van der Waals surface area contributed by atoms with Crippen LogP contribution in [0.25, 0.3) is 0 Å². The second-order valence-electron chi connectivity index (χ2n) is 5.08. The lowest BCUT2D eigenvalue weighted by atomic mass is 10.2. The summed E-state index contributed by atoms with van der Waals surface area (Å²) in [6.07, 6.45) is 2.40. The van der Waals surface area contributed by atoms with Gasteiger partial charge in [-0.3, -0.25) is 0 Å². The first kappa shape index (κ1) is 14.1. The van der Waals surface area contributed by atoms with Crippen LogP contribution in [-0.2, 0) is 4.74 Å². The van der Waals surface area contributed by atoms with E-state index in [-0.39, 0.29) is 12.0 Å². The Morgan fingerprint density at radius 1 is 1.47 bits per heavy atom. The molecule has 5 heteroatoms. The van der Waals surface area contributed by atoms with E-state index in [1.807, 2.05) is 13.0 Å². The summed E-state index contributed by atoms with van der Waals surface area (Å²) < 4.78 is 11.3. The van der Waals surface area contributed by atoms with Crippen molar-refractivity contribution < 1.29 is 9.47 Å². The molecule has 5 nitrogen and oxygen atoms in total. The van der Waals surface area contributed by atoms with Crippen molar-refractivity contribution in [3.8, 4) is 5.88 Å². The molecule has 1 N–H and O–H groups in total. The van der Waals surface area contributed by atoms with Gasteiger partial charge in [0.2, 0.25) is 5.88 Å². The van der Waals surface area contributed by atoms with Crippen LogP contribution >= 0.6 is 0 Å². The average Bonchev–Trinajstić information content (AvgIpc) is 2.89. The van der Waals surface area contributed by atoms with Crippen LogP contribution in [0.1, 0.15) is 45.4 Å². The van der Waals surface area contributed by atoms with E-state index in [9.17, 15) is 0 Å². The van der Waals surface area contributed by atoms with Crippen LogP contribution in [0.5, 0.6) is 5.88 Å². The Morgan fingerprint density at radius 3 is 2.95 bits per heavy atom. The number of nitrogens with one attached hydrogen (secondary N) is 1. The van der Waals surface area contributed by atoms with E-state index < -0.39 is 0 Å². The van der Waals surface area contributed by atoms with Crippen LogP contribution in [0.4, 0.5) is 5.82 Å². The third-order valence-corrected chi connectivity index (χ3v) is 3.04. The first-order valence-electron chi connectivity index (χ1n) is 7.06. The second kappa shape index (κ2) is 6.70. The Morgan fingerprint density at radius 2 is 2.32 bits per heavy atom. The summed E-state index contributed by atoms with van der Waals surface area (Å²) in [7, 11) is 0. The molecule has 1 aliphatic rings. The van der Waals surface area contributed by atoms with Crippen molar-refractivity contribution >= 4 is 5.82 Å². The fourth-order valence-corrected chi connectivity index (χ4v) is 2.00. The highest BCUT2D eigenvalue weighted by Crippen LogP contribution is 2.20. The van der Waals surface area contributed by atoms with Crippen molar-refractivity contribution in [1.82, 2.24) is 9.97 Å². The summed E-state index contributed by atoms with van der Waals surface area (Å²) in [6, 6.07) is 1.85. The predicted molar refractivity (Wildman–Crippen MR) is 74.8 cm³/mol. The summed E-state index contributed by atoms with van der Waals surface area (Å²) in [5.74, 6) is 2.54. The van der Waals surface area contributed by atoms with Gasteiger partial charge in [-0.15, -0.1) is 0 Å². The quantitative estimate of drug-likeness (QED) is 0.856. The number of hydrogen-bond acceptors (Lipinski definition) is 5. The number of anilines is 1. The molecule has 2 heterocycles. The monoisotopic (exact) mass is 265 g/mol. The maximum atomic E-state index is 5.75. The Labute approximate surface area is 114 Å². The molecule has 1 saturated heterocycles. The summed E-state index contributed by atoms with van der Waals surface area (Å²) >= 11 is 0. The normalized spacial score (nSPS) is 18.8. The molecule has 0 amide bonds. The predicted octanol–water partition coefficient (Wildman–Crippen LogP) is 2.59. The third-order valence-electron chi connectivity index (χ3n) is 3.04. The van der Waals surface area contributed by atoms with Gasteiger partial charge in [0.15, 0.2) is 0 Å². The van der Waals surface area contributed by atoms with Crippen molar-refractivity contribution in [3.05, 3.63) is 11.9 Å². The minimum Gasteiger partial charge on any atom is -0.475 e. The first-order valence-corrected chi connectivity index (χ1v) is 7.06. The smallest absolute Gasteiger partial charge is 0.218 e. The molecule has 1 atom stereocenters. The van der Waals surface area contributed by atoms with E-state index in [2.05, 4.69) is 29.1 Å². The van der Waals surface area contributed by atoms with Crippen molar-refractivity contribution in [3.63, 3.8) is 0 Å². The van der Waals surface area contributed by atoms with Gasteiger partial charge in [0.25, 0.3) is 0 Å². The van der Waals surface area contributed by atoms with Gasteiger partial charge in [-0.2, -0.15) is 4.98 Å². The van der Waals surface area contributed by atoms with Gasteiger partial charge >= 0.3 is 0 Å². The lowest BCUT2D eigenvalue weighted by Crippen LogP contribution is -2.17. The third kappa shape index (κ3) is 4.06. The second-order valence-corrected chi connectivity index (χ2v) is 5.08. The number of aromatic nitrogens is 2. The topological polar surface area (TPSA) is 56.3 Å². The molecule has 1 aliphatic heterocycles.